The third-order valence-corrected chi connectivity index (χ3v) is 5.33. The van der Waals surface area contributed by atoms with E-state index in [-0.39, 0.29) is 0 Å². The first-order chi connectivity index (χ1) is 8.24. The molecule has 3 heteroatoms. The predicted molar refractivity (Wildman–Crippen MR) is 72.4 cm³/mol. The molecule has 2 fully saturated rings. The first-order valence-corrected chi connectivity index (χ1v) is 7.75. The Bertz CT molecular complexity index is 369. The zero-order valence-electron chi connectivity index (χ0n) is 10.8. The maximum Gasteiger partial charge on any atom is 0.110 e. The highest BCUT2D eigenvalue weighted by Crippen LogP contribution is 2.39. The molecule has 0 amide bonds. The zero-order valence-corrected chi connectivity index (χ0v) is 11.6. The van der Waals surface area contributed by atoms with Crippen LogP contribution >= 0.6 is 11.3 Å². The Balaban J connectivity index is 1.80. The maximum absolute atomic E-state index is 4.79. The lowest BCUT2D eigenvalue weighted by Gasteiger charge is -2.22. The molecule has 1 aromatic rings. The second-order valence-corrected chi connectivity index (χ2v) is 6.89. The van der Waals surface area contributed by atoms with Gasteiger partial charge in [0, 0.05) is 10.9 Å². The second kappa shape index (κ2) is 4.69. The van der Waals surface area contributed by atoms with Gasteiger partial charge in [0.15, 0.2) is 0 Å². The number of nitrogens with zero attached hydrogens (tertiary/aromatic N) is 1. The van der Waals surface area contributed by atoms with Crippen molar-refractivity contribution >= 4 is 11.3 Å². The summed E-state index contributed by atoms with van der Waals surface area (Å²) in [5.74, 6) is 0.834. The van der Waals surface area contributed by atoms with Gasteiger partial charge in [-0.1, -0.05) is 12.8 Å². The molecule has 94 valence electrons. The number of hydrogen-bond acceptors (Lipinski definition) is 3. The molecule has 0 saturated heterocycles. The van der Waals surface area contributed by atoms with Crippen LogP contribution in [-0.2, 0) is 0 Å². The van der Waals surface area contributed by atoms with Crippen LogP contribution in [0.4, 0.5) is 0 Å². The molecule has 17 heavy (non-hydrogen) atoms. The molecule has 1 heterocycles. The lowest BCUT2D eigenvalue weighted by atomic mass is 9.98. The summed E-state index contributed by atoms with van der Waals surface area (Å²) in [6.07, 6.45) is 8.34. The highest BCUT2D eigenvalue weighted by atomic mass is 32.1. The Morgan fingerprint density at radius 2 is 1.88 bits per heavy atom. The Kier molecular flexibility index (Phi) is 3.22. The monoisotopic (exact) mass is 250 g/mol. The van der Waals surface area contributed by atoms with Crippen LogP contribution in [0.2, 0.25) is 0 Å². The van der Waals surface area contributed by atoms with Gasteiger partial charge in [-0.25, -0.2) is 4.98 Å². The SMILES string of the molecule is Cc1nc(C(NC2CC2)C2CCCC2)sc1C. The lowest BCUT2D eigenvalue weighted by Crippen LogP contribution is -2.28. The smallest absolute Gasteiger partial charge is 0.110 e. The third-order valence-electron chi connectivity index (χ3n) is 4.17. The molecule has 2 nitrogen and oxygen atoms in total. The number of nitrogens with one attached hydrogen (secondary N) is 1. The number of aryl methyl sites for hydroxylation is 2. The van der Waals surface area contributed by atoms with E-state index in [1.807, 2.05) is 11.3 Å². The topological polar surface area (TPSA) is 24.9 Å². The van der Waals surface area contributed by atoms with Crippen molar-refractivity contribution in [1.29, 1.82) is 0 Å². The van der Waals surface area contributed by atoms with Crippen molar-refractivity contribution in [2.75, 3.05) is 0 Å². The van der Waals surface area contributed by atoms with Crippen molar-refractivity contribution in [3.05, 3.63) is 15.6 Å². The van der Waals surface area contributed by atoms with Crippen molar-refractivity contribution in [3.63, 3.8) is 0 Å². The Labute approximate surface area is 108 Å². The average molecular weight is 250 g/mol. The highest BCUT2D eigenvalue weighted by molar-refractivity contribution is 7.11. The van der Waals surface area contributed by atoms with Gasteiger partial charge in [-0.05, 0) is 45.4 Å². The Hall–Kier alpha value is -0.410. The molecule has 0 radical (unpaired) electrons. The van der Waals surface area contributed by atoms with Gasteiger partial charge in [0.05, 0.1) is 11.7 Å². The van der Waals surface area contributed by atoms with E-state index < -0.39 is 0 Å². The van der Waals surface area contributed by atoms with E-state index >= 15 is 0 Å². The van der Waals surface area contributed by atoms with E-state index in [2.05, 4.69) is 19.2 Å². The van der Waals surface area contributed by atoms with Crippen molar-refractivity contribution in [2.45, 2.75) is 64.5 Å². The van der Waals surface area contributed by atoms with E-state index in [1.165, 1.54) is 54.1 Å². The van der Waals surface area contributed by atoms with E-state index in [0.717, 1.165) is 12.0 Å². The van der Waals surface area contributed by atoms with E-state index in [1.54, 1.807) is 0 Å². The minimum absolute atomic E-state index is 0.544. The summed E-state index contributed by atoms with van der Waals surface area (Å²) in [5.41, 5.74) is 1.23. The molecule has 1 aromatic heterocycles. The zero-order chi connectivity index (χ0) is 11.8. The average Bonchev–Trinajstić information content (AvgIpc) is 2.84. The minimum atomic E-state index is 0.544. The van der Waals surface area contributed by atoms with E-state index in [0.29, 0.717) is 6.04 Å². The Morgan fingerprint density at radius 3 is 2.41 bits per heavy atom. The lowest BCUT2D eigenvalue weighted by molar-refractivity contribution is 0.363. The summed E-state index contributed by atoms with van der Waals surface area (Å²) in [7, 11) is 0. The van der Waals surface area contributed by atoms with Crippen LogP contribution in [0.3, 0.4) is 0 Å². The largest absolute Gasteiger partial charge is 0.305 e. The maximum atomic E-state index is 4.79. The summed E-state index contributed by atoms with van der Waals surface area (Å²) in [5, 5.41) is 5.18. The molecule has 1 N–H and O–H groups in total. The number of hydrogen-bond donors (Lipinski definition) is 1. The van der Waals surface area contributed by atoms with Gasteiger partial charge in [0.2, 0.25) is 0 Å². The molecular weight excluding hydrogens is 228 g/mol. The van der Waals surface area contributed by atoms with Crippen LogP contribution in [0.15, 0.2) is 0 Å². The highest BCUT2D eigenvalue weighted by Gasteiger charge is 2.33. The number of thiazole rings is 1. The van der Waals surface area contributed by atoms with Gasteiger partial charge in [-0.15, -0.1) is 11.3 Å². The fourth-order valence-electron chi connectivity index (χ4n) is 2.83. The summed E-state index contributed by atoms with van der Waals surface area (Å²) < 4.78 is 0. The van der Waals surface area contributed by atoms with Gasteiger partial charge in [-0.3, -0.25) is 0 Å². The normalized spacial score (nSPS) is 23.2. The van der Waals surface area contributed by atoms with Crippen LogP contribution in [-0.4, -0.2) is 11.0 Å². The van der Waals surface area contributed by atoms with Crippen molar-refractivity contribution in [1.82, 2.24) is 10.3 Å². The standard InChI is InChI=1S/C14H22N2S/c1-9-10(2)17-14(15-9)13(16-12-7-8-12)11-5-3-4-6-11/h11-13,16H,3-8H2,1-2H3. The summed E-state index contributed by atoms with van der Waals surface area (Å²) >= 11 is 1.91. The summed E-state index contributed by atoms with van der Waals surface area (Å²) in [6.45, 7) is 4.33. The van der Waals surface area contributed by atoms with Crippen LogP contribution in [0.5, 0.6) is 0 Å². The predicted octanol–water partition coefficient (Wildman–Crippen LogP) is 3.74. The van der Waals surface area contributed by atoms with Crippen molar-refractivity contribution < 1.29 is 0 Å². The van der Waals surface area contributed by atoms with Crippen molar-refractivity contribution in [2.24, 2.45) is 5.92 Å². The molecule has 0 aliphatic heterocycles. The molecule has 0 spiro atoms. The van der Waals surface area contributed by atoms with E-state index in [4.69, 9.17) is 4.98 Å². The second-order valence-electron chi connectivity index (χ2n) is 5.66. The van der Waals surface area contributed by atoms with Gasteiger partial charge < -0.3 is 5.32 Å². The van der Waals surface area contributed by atoms with Crippen LogP contribution in [0.1, 0.15) is 60.1 Å². The molecule has 0 aromatic carbocycles. The first-order valence-electron chi connectivity index (χ1n) is 6.94. The van der Waals surface area contributed by atoms with Gasteiger partial charge in [0.1, 0.15) is 5.01 Å². The van der Waals surface area contributed by atoms with Crippen LogP contribution in [0.25, 0.3) is 0 Å². The summed E-state index contributed by atoms with van der Waals surface area (Å²) in [6, 6.07) is 1.33. The molecule has 2 aliphatic carbocycles. The molecule has 1 unspecified atom stereocenters. The van der Waals surface area contributed by atoms with Gasteiger partial charge >= 0.3 is 0 Å². The van der Waals surface area contributed by atoms with Gasteiger partial charge in [0.25, 0.3) is 0 Å². The molecule has 3 rings (SSSR count). The third kappa shape index (κ3) is 2.55. The van der Waals surface area contributed by atoms with Gasteiger partial charge in [-0.2, -0.15) is 0 Å². The van der Waals surface area contributed by atoms with E-state index in [9.17, 15) is 0 Å². The minimum Gasteiger partial charge on any atom is -0.305 e. The first kappa shape index (κ1) is 11.7. The number of rotatable bonds is 4. The molecular formula is C14H22N2S. The molecule has 2 saturated carbocycles. The summed E-state index contributed by atoms with van der Waals surface area (Å²) in [4.78, 5) is 6.18. The molecule has 1 atom stereocenters. The Morgan fingerprint density at radius 1 is 1.18 bits per heavy atom. The van der Waals surface area contributed by atoms with Crippen LogP contribution < -0.4 is 5.32 Å². The van der Waals surface area contributed by atoms with Crippen LogP contribution in [0, 0.1) is 19.8 Å². The van der Waals surface area contributed by atoms with Crippen molar-refractivity contribution in [3.8, 4) is 0 Å². The molecule has 0 bridgehead atoms. The quantitative estimate of drug-likeness (QED) is 0.880. The number of aromatic nitrogens is 1. The fraction of sp³-hybridized carbons (Fsp3) is 0.786. The molecule has 2 aliphatic rings. The fourth-order valence-corrected chi connectivity index (χ4v) is 3.91.